The fourth-order valence-electron chi connectivity index (χ4n) is 3.91. The van der Waals surface area contributed by atoms with Crippen molar-refractivity contribution in [2.24, 2.45) is 0 Å². The van der Waals surface area contributed by atoms with E-state index in [0.717, 1.165) is 47.5 Å². The molecule has 2 aliphatic rings. The second-order valence-electron chi connectivity index (χ2n) is 6.78. The van der Waals surface area contributed by atoms with E-state index in [4.69, 9.17) is 9.72 Å². The van der Waals surface area contributed by atoms with Crippen LogP contribution < -0.4 is 4.90 Å². The van der Waals surface area contributed by atoms with Gasteiger partial charge in [0.15, 0.2) is 0 Å². The van der Waals surface area contributed by atoms with E-state index in [2.05, 4.69) is 15.2 Å². The summed E-state index contributed by atoms with van der Waals surface area (Å²) in [6.07, 6.45) is 2.79. The Morgan fingerprint density at radius 1 is 1.28 bits per heavy atom. The summed E-state index contributed by atoms with van der Waals surface area (Å²) in [6, 6.07) is 7.02. The lowest BCUT2D eigenvalue weighted by Crippen LogP contribution is -2.48. The van der Waals surface area contributed by atoms with Crippen molar-refractivity contribution >= 4 is 16.7 Å². The molecule has 0 bridgehead atoms. The molecule has 7 heteroatoms. The minimum absolute atomic E-state index is 0.0778. The Bertz CT molecular complexity index is 956. The maximum Gasteiger partial charge on any atom is 0.129 e. The van der Waals surface area contributed by atoms with Gasteiger partial charge in [-0.05, 0) is 43.2 Å². The van der Waals surface area contributed by atoms with Gasteiger partial charge in [0.05, 0.1) is 36.2 Å². The summed E-state index contributed by atoms with van der Waals surface area (Å²) in [5.41, 5.74) is 2.89. The van der Waals surface area contributed by atoms with E-state index in [0.29, 0.717) is 6.61 Å². The zero-order valence-corrected chi connectivity index (χ0v) is 13.9. The fourth-order valence-corrected chi connectivity index (χ4v) is 3.91. The first kappa shape index (κ1) is 14.8. The van der Waals surface area contributed by atoms with Gasteiger partial charge in [-0.25, -0.2) is 14.1 Å². The highest BCUT2D eigenvalue weighted by molar-refractivity contribution is 5.84. The van der Waals surface area contributed by atoms with Gasteiger partial charge in [0.2, 0.25) is 0 Å². The predicted molar refractivity (Wildman–Crippen MR) is 90.9 cm³/mol. The standard InChI is InChI=1S/C18H18FN5O/c1-11-6-18(21-15-3-2-12(19)7-14(11)15)23-5-4-16-17(9-23)25-10-13-8-20-22-24(13)16/h2-3,6-8,16-17H,4-5,9-10H2,1H3/t16-,17-/m0/s1. The van der Waals surface area contributed by atoms with Crippen molar-refractivity contribution in [1.29, 1.82) is 0 Å². The Labute approximate surface area is 144 Å². The molecule has 6 nitrogen and oxygen atoms in total. The van der Waals surface area contributed by atoms with E-state index in [-0.39, 0.29) is 18.0 Å². The quantitative estimate of drug-likeness (QED) is 0.682. The van der Waals surface area contributed by atoms with Gasteiger partial charge in [0, 0.05) is 18.5 Å². The van der Waals surface area contributed by atoms with Crippen LogP contribution in [0.1, 0.15) is 23.7 Å². The molecule has 0 spiro atoms. The summed E-state index contributed by atoms with van der Waals surface area (Å²) in [6.45, 7) is 4.19. The SMILES string of the molecule is Cc1cc(N2CC[C@H]3[C@H](C2)OCc2cnnn23)nc2ccc(F)cc12. The summed E-state index contributed by atoms with van der Waals surface area (Å²) in [4.78, 5) is 6.99. The van der Waals surface area contributed by atoms with Crippen LogP contribution in [0.25, 0.3) is 10.9 Å². The lowest BCUT2D eigenvalue weighted by atomic mass is 10.00. The van der Waals surface area contributed by atoms with Gasteiger partial charge in [0.25, 0.3) is 0 Å². The molecule has 1 fully saturated rings. The van der Waals surface area contributed by atoms with Crippen LogP contribution >= 0.6 is 0 Å². The first-order chi connectivity index (χ1) is 12.2. The highest BCUT2D eigenvalue weighted by atomic mass is 19.1. The molecule has 25 heavy (non-hydrogen) atoms. The molecule has 0 radical (unpaired) electrons. The molecule has 2 aromatic heterocycles. The zero-order chi connectivity index (χ0) is 17.0. The minimum atomic E-state index is -0.231. The van der Waals surface area contributed by atoms with Gasteiger partial charge in [-0.1, -0.05) is 5.21 Å². The summed E-state index contributed by atoms with van der Waals surface area (Å²) in [7, 11) is 0. The predicted octanol–water partition coefficient (Wildman–Crippen LogP) is 2.62. The van der Waals surface area contributed by atoms with Gasteiger partial charge in [-0.3, -0.25) is 0 Å². The number of halogens is 1. The summed E-state index contributed by atoms with van der Waals surface area (Å²) in [5, 5.41) is 9.08. The zero-order valence-electron chi connectivity index (χ0n) is 13.9. The van der Waals surface area contributed by atoms with Crippen molar-refractivity contribution in [1.82, 2.24) is 20.0 Å². The average molecular weight is 339 g/mol. The number of fused-ring (bicyclic) bond motifs is 4. The normalized spacial score (nSPS) is 22.7. The first-order valence-electron chi connectivity index (χ1n) is 8.51. The number of pyridine rings is 1. The number of aryl methyl sites for hydroxylation is 1. The molecule has 4 heterocycles. The number of aromatic nitrogens is 4. The van der Waals surface area contributed by atoms with E-state index >= 15 is 0 Å². The van der Waals surface area contributed by atoms with E-state index in [1.165, 1.54) is 6.07 Å². The van der Waals surface area contributed by atoms with Crippen molar-refractivity contribution in [2.75, 3.05) is 18.0 Å². The number of rotatable bonds is 1. The summed E-state index contributed by atoms with van der Waals surface area (Å²) in [5.74, 6) is 0.688. The lowest BCUT2D eigenvalue weighted by Gasteiger charge is -2.41. The third-order valence-electron chi connectivity index (χ3n) is 5.22. The Morgan fingerprint density at radius 3 is 3.12 bits per heavy atom. The molecule has 2 atom stereocenters. The van der Waals surface area contributed by atoms with Crippen LogP contribution in [0.3, 0.4) is 0 Å². The van der Waals surface area contributed by atoms with Gasteiger partial charge in [-0.2, -0.15) is 0 Å². The van der Waals surface area contributed by atoms with Crippen LogP contribution in [0.15, 0.2) is 30.5 Å². The number of piperidine rings is 1. The van der Waals surface area contributed by atoms with Crippen LogP contribution in [0, 0.1) is 12.7 Å². The molecular formula is C18H18FN5O. The second-order valence-corrected chi connectivity index (χ2v) is 6.78. The maximum absolute atomic E-state index is 13.5. The molecule has 0 amide bonds. The average Bonchev–Trinajstić information content (AvgIpc) is 3.11. The smallest absolute Gasteiger partial charge is 0.129 e. The molecular weight excluding hydrogens is 321 g/mol. The number of hydrogen-bond donors (Lipinski definition) is 0. The number of ether oxygens (including phenoxy) is 1. The third kappa shape index (κ3) is 2.38. The van der Waals surface area contributed by atoms with Crippen molar-refractivity contribution in [3.63, 3.8) is 0 Å². The van der Waals surface area contributed by atoms with E-state index < -0.39 is 0 Å². The largest absolute Gasteiger partial charge is 0.368 e. The first-order valence-corrected chi connectivity index (χ1v) is 8.51. The number of nitrogens with zero attached hydrogens (tertiary/aromatic N) is 5. The summed E-state index contributed by atoms with van der Waals surface area (Å²) < 4.78 is 21.5. The van der Waals surface area contributed by atoms with E-state index in [1.54, 1.807) is 18.3 Å². The molecule has 0 aliphatic carbocycles. The number of hydrogen-bond acceptors (Lipinski definition) is 5. The van der Waals surface area contributed by atoms with Gasteiger partial charge in [0.1, 0.15) is 11.6 Å². The van der Waals surface area contributed by atoms with E-state index in [9.17, 15) is 4.39 Å². The van der Waals surface area contributed by atoms with Crippen molar-refractivity contribution < 1.29 is 9.13 Å². The molecule has 0 unspecified atom stereocenters. The Hall–Kier alpha value is -2.54. The molecule has 0 N–H and O–H groups in total. The van der Waals surface area contributed by atoms with Crippen LogP contribution in [0.5, 0.6) is 0 Å². The topological polar surface area (TPSA) is 56.1 Å². The molecule has 2 aliphatic heterocycles. The molecule has 1 aromatic carbocycles. The van der Waals surface area contributed by atoms with Crippen molar-refractivity contribution in [3.05, 3.63) is 47.5 Å². The highest BCUT2D eigenvalue weighted by Crippen LogP contribution is 2.33. The minimum Gasteiger partial charge on any atom is -0.368 e. The monoisotopic (exact) mass is 339 g/mol. The highest BCUT2D eigenvalue weighted by Gasteiger charge is 2.36. The molecule has 3 aromatic rings. The van der Waals surface area contributed by atoms with Crippen LogP contribution in [0.2, 0.25) is 0 Å². The van der Waals surface area contributed by atoms with Crippen molar-refractivity contribution in [3.8, 4) is 0 Å². The Kier molecular flexibility index (Phi) is 3.24. The lowest BCUT2D eigenvalue weighted by molar-refractivity contribution is -0.0335. The molecule has 128 valence electrons. The maximum atomic E-state index is 13.5. The fraction of sp³-hybridized carbons (Fsp3) is 0.389. The molecule has 1 saturated heterocycles. The van der Waals surface area contributed by atoms with Crippen molar-refractivity contribution in [2.45, 2.75) is 32.1 Å². The van der Waals surface area contributed by atoms with Crippen LogP contribution in [0.4, 0.5) is 10.2 Å². The van der Waals surface area contributed by atoms with Gasteiger partial charge < -0.3 is 9.64 Å². The van der Waals surface area contributed by atoms with Crippen LogP contribution in [-0.2, 0) is 11.3 Å². The molecule has 0 saturated carbocycles. The second kappa shape index (κ2) is 5.49. The van der Waals surface area contributed by atoms with Gasteiger partial charge >= 0.3 is 0 Å². The number of benzene rings is 1. The Balaban J connectivity index is 1.46. The third-order valence-corrected chi connectivity index (χ3v) is 5.22. The summed E-state index contributed by atoms with van der Waals surface area (Å²) >= 11 is 0. The van der Waals surface area contributed by atoms with E-state index in [1.807, 2.05) is 17.7 Å². The molecule has 5 rings (SSSR count). The number of anilines is 1. The van der Waals surface area contributed by atoms with Crippen LogP contribution in [-0.4, -0.2) is 39.2 Å². The Morgan fingerprint density at radius 2 is 2.20 bits per heavy atom. The van der Waals surface area contributed by atoms with Gasteiger partial charge in [-0.15, -0.1) is 5.10 Å².